The lowest BCUT2D eigenvalue weighted by Gasteiger charge is -2.06. The molecular formula is C29H22F2N2. The zero-order valence-electron chi connectivity index (χ0n) is 18.0. The van der Waals surface area contributed by atoms with E-state index in [1.165, 1.54) is 35.4 Å². The highest BCUT2D eigenvalue weighted by molar-refractivity contribution is 5.82. The minimum Gasteiger partial charge on any atom is -0.337 e. The molecule has 2 nitrogen and oxygen atoms in total. The molecule has 0 aliphatic heterocycles. The maximum Gasteiger partial charge on any atom is 0.138 e. The van der Waals surface area contributed by atoms with Crippen LogP contribution >= 0.6 is 0 Å². The molecule has 162 valence electrons. The van der Waals surface area contributed by atoms with Crippen molar-refractivity contribution in [1.29, 1.82) is 0 Å². The van der Waals surface area contributed by atoms with Gasteiger partial charge in [-0.1, -0.05) is 54.6 Å². The van der Waals surface area contributed by atoms with Gasteiger partial charge in [-0.25, -0.2) is 13.8 Å². The highest BCUT2D eigenvalue weighted by atomic mass is 19.1. The molecular weight excluding hydrogens is 414 g/mol. The van der Waals surface area contributed by atoms with E-state index in [1.54, 1.807) is 24.3 Å². The molecule has 1 heterocycles. The van der Waals surface area contributed by atoms with Gasteiger partial charge in [-0.2, -0.15) is 0 Å². The minimum absolute atomic E-state index is 0.305. The van der Waals surface area contributed by atoms with E-state index in [1.807, 2.05) is 18.2 Å². The summed E-state index contributed by atoms with van der Waals surface area (Å²) in [5.41, 5.74) is 7.49. The number of aromatic nitrogens is 2. The number of halogens is 2. The molecule has 1 N–H and O–H groups in total. The van der Waals surface area contributed by atoms with Crippen LogP contribution in [0.3, 0.4) is 0 Å². The van der Waals surface area contributed by atoms with Crippen molar-refractivity contribution in [1.82, 2.24) is 9.97 Å². The summed E-state index contributed by atoms with van der Waals surface area (Å²) in [4.78, 5) is 8.33. The standard InChI is InChI=1S/C29H22F2N2/c1-19-6-7-23(9-8-20-4-2-3-5-24(20)18-19)29-32-27(21-10-14-25(30)15-11-21)28(33-29)22-12-16-26(31)17-13-22/h2-7,9-17H,1,8,18H2,(H,32,33)/b7-6-,23-9+. The summed E-state index contributed by atoms with van der Waals surface area (Å²) in [6.45, 7) is 4.20. The van der Waals surface area contributed by atoms with Gasteiger partial charge < -0.3 is 4.98 Å². The number of rotatable bonds is 3. The van der Waals surface area contributed by atoms with Gasteiger partial charge >= 0.3 is 0 Å². The van der Waals surface area contributed by atoms with Crippen LogP contribution in [-0.4, -0.2) is 9.97 Å². The molecule has 4 heteroatoms. The van der Waals surface area contributed by atoms with Crippen molar-refractivity contribution in [3.05, 3.63) is 132 Å². The minimum atomic E-state index is -0.308. The Bertz CT molecular complexity index is 1310. The van der Waals surface area contributed by atoms with Crippen molar-refractivity contribution in [2.45, 2.75) is 12.8 Å². The average molecular weight is 437 g/mol. The van der Waals surface area contributed by atoms with Crippen LogP contribution in [0.4, 0.5) is 8.78 Å². The molecule has 0 amide bonds. The Kier molecular flexibility index (Phi) is 5.57. The second-order valence-electron chi connectivity index (χ2n) is 8.12. The number of allylic oxidation sites excluding steroid dienone is 5. The van der Waals surface area contributed by atoms with Crippen LogP contribution in [0.2, 0.25) is 0 Å². The fourth-order valence-corrected chi connectivity index (χ4v) is 4.06. The lowest BCUT2D eigenvalue weighted by Crippen LogP contribution is -1.93. The van der Waals surface area contributed by atoms with Gasteiger partial charge in [-0.05, 0) is 72.5 Å². The first-order valence-corrected chi connectivity index (χ1v) is 10.8. The molecule has 0 bridgehead atoms. The molecule has 0 saturated carbocycles. The first kappa shape index (κ1) is 20.8. The molecule has 0 atom stereocenters. The largest absolute Gasteiger partial charge is 0.337 e. The van der Waals surface area contributed by atoms with Gasteiger partial charge in [0.15, 0.2) is 0 Å². The Labute approximate surface area is 191 Å². The van der Waals surface area contributed by atoms with Gasteiger partial charge in [-0.3, -0.25) is 0 Å². The second-order valence-corrected chi connectivity index (χ2v) is 8.12. The fraction of sp³-hybridized carbons (Fsp3) is 0.0690. The first-order chi connectivity index (χ1) is 16.1. The van der Waals surface area contributed by atoms with E-state index in [4.69, 9.17) is 4.98 Å². The summed E-state index contributed by atoms with van der Waals surface area (Å²) in [6.07, 6.45) is 7.76. The zero-order valence-corrected chi connectivity index (χ0v) is 18.0. The topological polar surface area (TPSA) is 28.7 Å². The maximum atomic E-state index is 13.6. The quantitative estimate of drug-likeness (QED) is 0.358. The third-order valence-corrected chi connectivity index (χ3v) is 5.80. The van der Waals surface area contributed by atoms with Crippen LogP contribution in [0.25, 0.3) is 28.1 Å². The van der Waals surface area contributed by atoms with Gasteiger partial charge in [0.25, 0.3) is 0 Å². The van der Waals surface area contributed by atoms with Crippen LogP contribution in [0.5, 0.6) is 0 Å². The Morgan fingerprint density at radius 2 is 1.39 bits per heavy atom. The Morgan fingerprint density at radius 3 is 2.09 bits per heavy atom. The van der Waals surface area contributed by atoms with Crippen molar-refractivity contribution < 1.29 is 8.78 Å². The van der Waals surface area contributed by atoms with E-state index in [9.17, 15) is 8.78 Å². The van der Waals surface area contributed by atoms with Crippen molar-refractivity contribution in [2.24, 2.45) is 0 Å². The monoisotopic (exact) mass is 436 g/mol. The van der Waals surface area contributed by atoms with E-state index in [-0.39, 0.29) is 11.6 Å². The van der Waals surface area contributed by atoms with E-state index < -0.39 is 0 Å². The molecule has 0 fully saturated rings. The van der Waals surface area contributed by atoms with Gasteiger partial charge in [-0.15, -0.1) is 0 Å². The summed E-state index contributed by atoms with van der Waals surface area (Å²) in [5, 5.41) is 0. The summed E-state index contributed by atoms with van der Waals surface area (Å²) >= 11 is 0. The Morgan fingerprint density at radius 1 is 0.758 bits per heavy atom. The smallest absolute Gasteiger partial charge is 0.138 e. The van der Waals surface area contributed by atoms with Crippen LogP contribution in [-0.2, 0) is 12.8 Å². The van der Waals surface area contributed by atoms with Crippen LogP contribution < -0.4 is 0 Å². The first-order valence-electron chi connectivity index (χ1n) is 10.8. The van der Waals surface area contributed by atoms with Crippen molar-refractivity contribution >= 4 is 5.57 Å². The SMILES string of the molecule is C=C1/C=C\C(c2nc(-c3ccc(F)cc3)c(-c3ccc(F)cc3)[nH]2)=C/Cc2ccccc2C1. The summed E-state index contributed by atoms with van der Waals surface area (Å²) in [6, 6.07) is 20.9. The third kappa shape index (κ3) is 4.46. The van der Waals surface area contributed by atoms with E-state index in [0.717, 1.165) is 40.8 Å². The lowest BCUT2D eigenvalue weighted by molar-refractivity contribution is 0.627. The van der Waals surface area contributed by atoms with Crippen molar-refractivity contribution in [2.75, 3.05) is 0 Å². The summed E-state index contributed by atoms with van der Waals surface area (Å²) in [5.74, 6) is 0.0786. The molecule has 0 unspecified atom stereocenters. The fourth-order valence-electron chi connectivity index (χ4n) is 4.06. The number of aromatic amines is 1. The van der Waals surface area contributed by atoms with Gasteiger partial charge in [0.05, 0.1) is 11.4 Å². The molecule has 33 heavy (non-hydrogen) atoms. The molecule has 1 aliphatic carbocycles. The number of nitrogens with one attached hydrogen (secondary N) is 1. The maximum absolute atomic E-state index is 13.6. The molecule has 1 aromatic heterocycles. The van der Waals surface area contributed by atoms with Crippen LogP contribution in [0.1, 0.15) is 17.0 Å². The molecule has 3 aromatic carbocycles. The zero-order chi connectivity index (χ0) is 22.8. The summed E-state index contributed by atoms with van der Waals surface area (Å²) < 4.78 is 27.1. The van der Waals surface area contributed by atoms with Crippen LogP contribution in [0.15, 0.2) is 103 Å². The number of nitrogens with zero attached hydrogens (tertiary/aromatic N) is 1. The second kappa shape index (κ2) is 8.83. The van der Waals surface area contributed by atoms with E-state index in [0.29, 0.717) is 11.5 Å². The molecule has 0 radical (unpaired) electrons. The normalized spacial score (nSPS) is 16.2. The van der Waals surface area contributed by atoms with E-state index in [2.05, 4.69) is 35.8 Å². The number of fused-ring (bicyclic) bond motifs is 1. The van der Waals surface area contributed by atoms with Gasteiger partial charge in [0.2, 0.25) is 0 Å². The highest BCUT2D eigenvalue weighted by Gasteiger charge is 2.17. The number of benzene rings is 3. The predicted molar refractivity (Wildman–Crippen MR) is 129 cm³/mol. The molecule has 4 aromatic rings. The molecule has 0 spiro atoms. The Hall–Kier alpha value is -4.05. The predicted octanol–water partition coefficient (Wildman–Crippen LogP) is 7.32. The lowest BCUT2D eigenvalue weighted by atomic mass is 9.99. The van der Waals surface area contributed by atoms with Gasteiger partial charge in [0, 0.05) is 16.7 Å². The van der Waals surface area contributed by atoms with E-state index >= 15 is 0 Å². The average Bonchev–Trinajstić information content (AvgIpc) is 3.28. The Balaban J connectivity index is 1.63. The highest BCUT2D eigenvalue weighted by Crippen LogP contribution is 2.33. The number of H-pyrrole nitrogens is 1. The third-order valence-electron chi connectivity index (χ3n) is 5.80. The van der Waals surface area contributed by atoms with Crippen molar-refractivity contribution in [3.8, 4) is 22.5 Å². The number of imidazole rings is 1. The van der Waals surface area contributed by atoms with Crippen molar-refractivity contribution in [3.63, 3.8) is 0 Å². The molecule has 5 rings (SSSR count). The number of hydrogen-bond acceptors (Lipinski definition) is 1. The number of hydrogen-bond donors (Lipinski definition) is 1. The van der Waals surface area contributed by atoms with Crippen LogP contribution in [0, 0.1) is 11.6 Å². The summed E-state index contributed by atoms with van der Waals surface area (Å²) in [7, 11) is 0. The molecule has 1 aliphatic rings. The molecule has 0 saturated heterocycles. The van der Waals surface area contributed by atoms with Gasteiger partial charge in [0.1, 0.15) is 17.5 Å².